The molecular formula is C24H27F3N4O. The minimum absolute atomic E-state index is 0.0885. The largest absolute Gasteiger partial charge is 0.412 e. The molecule has 0 N–H and O–H groups in total. The number of aliphatic imine (C=N–C) groups is 1. The Hall–Kier alpha value is -2.90. The first-order chi connectivity index (χ1) is 15.3. The summed E-state index contributed by atoms with van der Waals surface area (Å²) in [6.45, 7) is 5.43. The van der Waals surface area contributed by atoms with Crippen molar-refractivity contribution in [2.75, 3.05) is 13.1 Å². The summed E-state index contributed by atoms with van der Waals surface area (Å²) >= 11 is 0. The molecule has 4 aliphatic rings. The first-order valence-corrected chi connectivity index (χ1v) is 11.0. The Morgan fingerprint density at radius 3 is 2.56 bits per heavy atom. The zero-order valence-corrected chi connectivity index (χ0v) is 18.1. The lowest BCUT2D eigenvalue weighted by molar-refractivity contribution is -0.128. The third-order valence-electron chi connectivity index (χ3n) is 6.33. The molecule has 170 valence electrons. The standard InChI is InChI=1S/C24H27F3N4O/c1-3-4-5-20(16(2)24(25,26)27)17-10-12-30(13-11-17)23(32)22-15-31-19(14-28-22)8-9-21(29-31)18-6-7-18/h3-5,8-9,14-15,17-19H,1,6-7,10-13H2,2H3/b5-4-,20-16-. The van der Waals surface area contributed by atoms with Crippen molar-refractivity contribution in [3.63, 3.8) is 0 Å². The van der Waals surface area contributed by atoms with Crippen LogP contribution in [0, 0.1) is 11.8 Å². The van der Waals surface area contributed by atoms with Crippen molar-refractivity contribution in [1.29, 1.82) is 0 Å². The number of hydrazone groups is 1. The van der Waals surface area contributed by atoms with Gasteiger partial charge in [-0.05, 0) is 50.2 Å². The smallest absolute Gasteiger partial charge is 0.337 e. The molecule has 0 aromatic carbocycles. The van der Waals surface area contributed by atoms with E-state index in [0.29, 0.717) is 37.5 Å². The summed E-state index contributed by atoms with van der Waals surface area (Å²) in [5.74, 6) is 0.0359. The molecule has 0 radical (unpaired) electrons. The van der Waals surface area contributed by atoms with E-state index in [9.17, 15) is 18.0 Å². The van der Waals surface area contributed by atoms with Crippen LogP contribution in [0.5, 0.6) is 0 Å². The average Bonchev–Trinajstić information content (AvgIpc) is 3.63. The summed E-state index contributed by atoms with van der Waals surface area (Å²) in [6.07, 6.45) is 10.8. The predicted octanol–water partition coefficient (Wildman–Crippen LogP) is 4.78. The van der Waals surface area contributed by atoms with Crippen LogP contribution < -0.4 is 0 Å². The fourth-order valence-corrected chi connectivity index (χ4v) is 4.23. The van der Waals surface area contributed by atoms with Gasteiger partial charge in [0.1, 0.15) is 11.7 Å². The number of nitrogens with zero attached hydrogens (tertiary/aromatic N) is 4. The van der Waals surface area contributed by atoms with E-state index in [-0.39, 0.29) is 23.4 Å². The van der Waals surface area contributed by atoms with Gasteiger partial charge in [0.05, 0.1) is 11.9 Å². The van der Waals surface area contributed by atoms with Gasteiger partial charge in [0.2, 0.25) is 0 Å². The maximum absolute atomic E-state index is 13.3. The van der Waals surface area contributed by atoms with Gasteiger partial charge in [-0.3, -0.25) is 14.8 Å². The Labute approximate surface area is 186 Å². The first-order valence-electron chi connectivity index (χ1n) is 11.0. The fraction of sp³-hybridized carbons (Fsp3) is 0.458. The minimum Gasteiger partial charge on any atom is -0.337 e. The van der Waals surface area contributed by atoms with Crippen LogP contribution in [0.15, 0.2) is 70.1 Å². The molecule has 3 aliphatic heterocycles. The molecule has 0 bridgehead atoms. The molecule has 0 aromatic rings. The van der Waals surface area contributed by atoms with E-state index in [2.05, 4.69) is 16.7 Å². The van der Waals surface area contributed by atoms with Gasteiger partial charge in [0.15, 0.2) is 0 Å². The van der Waals surface area contributed by atoms with Gasteiger partial charge in [-0.1, -0.05) is 30.9 Å². The van der Waals surface area contributed by atoms with E-state index < -0.39 is 11.7 Å². The third-order valence-corrected chi connectivity index (χ3v) is 6.33. The molecule has 1 saturated carbocycles. The molecule has 4 rings (SSSR count). The average molecular weight is 445 g/mol. The number of halogens is 3. The maximum atomic E-state index is 13.3. The zero-order chi connectivity index (χ0) is 22.9. The Morgan fingerprint density at radius 1 is 1.22 bits per heavy atom. The van der Waals surface area contributed by atoms with Crippen LogP contribution in [0.1, 0.15) is 32.6 Å². The van der Waals surface area contributed by atoms with E-state index >= 15 is 0 Å². The van der Waals surface area contributed by atoms with E-state index in [1.165, 1.54) is 18.2 Å². The minimum atomic E-state index is -4.38. The van der Waals surface area contributed by atoms with Gasteiger partial charge in [-0.25, -0.2) is 0 Å². The predicted molar refractivity (Wildman–Crippen MR) is 119 cm³/mol. The Kier molecular flexibility index (Phi) is 6.22. The van der Waals surface area contributed by atoms with Crippen LogP contribution in [0.4, 0.5) is 13.2 Å². The summed E-state index contributed by atoms with van der Waals surface area (Å²) < 4.78 is 40.0. The Bertz CT molecular complexity index is 958. The van der Waals surface area contributed by atoms with E-state index in [4.69, 9.17) is 0 Å². The van der Waals surface area contributed by atoms with Crippen molar-refractivity contribution in [3.8, 4) is 0 Å². The molecule has 32 heavy (non-hydrogen) atoms. The normalized spacial score (nSPS) is 24.8. The zero-order valence-electron chi connectivity index (χ0n) is 18.1. The second-order valence-electron chi connectivity index (χ2n) is 8.56. The lowest BCUT2D eigenvalue weighted by Crippen LogP contribution is -2.41. The summed E-state index contributed by atoms with van der Waals surface area (Å²) in [7, 11) is 0. The van der Waals surface area contributed by atoms with Crippen molar-refractivity contribution in [3.05, 3.63) is 60.0 Å². The highest BCUT2D eigenvalue weighted by atomic mass is 19.4. The second kappa shape index (κ2) is 8.92. The van der Waals surface area contributed by atoms with Gasteiger partial charge in [-0.15, -0.1) is 0 Å². The number of piperidine rings is 1. The van der Waals surface area contributed by atoms with Crippen molar-refractivity contribution < 1.29 is 18.0 Å². The van der Waals surface area contributed by atoms with Crippen molar-refractivity contribution >= 4 is 17.8 Å². The molecule has 8 heteroatoms. The van der Waals surface area contributed by atoms with Crippen molar-refractivity contribution in [2.24, 2.45) is 21.9 Å². The number of rotatable bonds is 5. The van der Waals surface area contributed by atoms with Gasteiger partial charge in [0.25, 0.3) is 5.91 Å². The molecule has 1 unspecified atom stereocenters. The molecule has 2 fully saturated rings. The lowest BCUT2D eigenvalue weighted by atomic mass is 9.85. The number of fused-ring (bicyclic) bond motifs is 1. The van der Waals surface area contributed by atoms with Crippen LogP contribution in [-0.4, -0.2) is 53.0 Å². The molecule has 5 nitrogen and oxygen atoms in total. The molecule has 1 saturated heterocycles. The number of hydrogen-bond donors (Lipinski definition) is 0. The van der Waals surface area contributed by atoms with E-state index in [0.717, 1.165) is 25.5 Å². The lowest BCUT2D eigenvalue weighted by Gasteiger charge is -2.34. The van der Waals surface area contributed by atoms with Gasteiger partial charge in [-0.2, -0.15) is 18.3 Å². The highest BCUT2D eigenvalue weighted by Crippen LogP contribution is 2.36. The van der Waals surface area contributed by atoms with E-state index in [1.807, 2.05) is 12.2 Å². The number of carbonyl (C=O) groups excluding carboxylic acids is 1. The molecule has 0 aromatic heterocycles. The highest BCUT2D eigenvalue weighted by Gasteiger charge is 2.36. The fourth-order valence-electron chi connectivity index (χ4n) is 4.23. The van der Waals surface area contributed by atoms with Crippen LogP contribution in [0.25, 0.3) is 0 Å². The number of likely N-dealkylation sites (tertiary alicyclic amines) is 1. The van der Waals surface area contributed by atoms with Crippen LogP contribution in [0.2, 0.25) is 0 Å². The monoisotopic (exact) mass is 444 g/mol. The molecule has 0 spiro atoms. The molecule has 1 amide bonds. The molecule has 1 aliphatic carbocycles. The van der Waals surface area contributed by atoms with Crippen molar-refractivity contribution in [2.45, 2.75) is 44.8 Å². The first kappa shape index (κ1) is 22.3. The molecular weight excluding hydrogens is 417 g/mol. The second-order valence-corrected chi connectivity index (χ2v) is 8.56. The summed E-state index contributed by atoms with van der Waals surface area (Å²) in [4.78, 5) is 19.0. The van der Waals surface area contributed by atoms with Crippen LogP contribution in [0.3, 0.4) is 0 Å². The highest BCUT2D eigenvalue weighted by molar-refractivity contribution is 6.00. The number of allylic oxidation sites excluding steroid dienone is 6. The van der Waals surface area contributed by atoms with Gasteiger partial charge >= 0.3 is 6.18 Å². The maximum Gasteiger partial charge on any atom is 0.412 e. The summed E-state index contributed by atoms with van der Waals surface area (Å²) in [5, 5.41) is 6.42. The number of hydrogen-bond acceptors (Lipinski definition) is 4. The van der Waals surface area contributed by atoms with Gasteiger partial charge < -0.3 is 4.90 Å². The quantitative estimate of drug-likeness (QED) is 0.573. The summed E-state index contributed by atoms with van der Waals surface area (Å²) in [5.41, 5.74) is 1.02. The summed E-state index contributed by atoms with van der Waals surface area (Å²) in [6, 6.07) is -0.0885. The Balaban J connectivity index is 1.43. The van der Waals surface area contributed by atoms with Crippen LogP contribution in [-0.2, 0) is 4.79 Å². The number of amides is 1. The number of alkyl halides is 3. The third kappa shape index (κ3) is 4.79. The SMILES string of the molecule is C=C/C=C\C(=C(/C)C(F)(F)F)C1CCN(C(=O)C2=CN3N=C(C4CC4)C=CC3C=N2)CC1. The van der Waals surface area contributed by atoms with E-state index in [1.54, 1.807) is 22.3 Å². The molecule has 1 atom stereocenters. The van der Waals surface area contributed by atoms with Crippen molar-refractivity contribution in [1.82, 2.24) is 9.91 Å². The Morgan fingerprint density at radius 2 is 1.94 bits per heavy atom. The topological polar surface area (TPSA) is 48.3 Å². The van der Waals surface area contributed by atoms with Gasteiger partial charge in [0, 0.05) is 30.8 Å². The molecule has 3 heterocycles. The van der Waals surface area contributed by atoms with Crippen LogP contribution >= 0.6 is 0 Å². The number of carbonyl (C=O) groups is 1.